The van der Waals surface area contributed by atoms with E-state index in [1.54, 1.807) is 19.4 Å². The summed E-state index contributed by atoms with van der Waals surface area (Å²) in [6, 6.07) is 23.0. The monoisotopic (exact) mass is 498 g/mol. The number of para-hydroxylation sites is 1. The molecular formula is C26H19BrN4O2. The van der Waals surface area contributed by atoms with Crippen LogP contribution in [0.25, 0.3) is 33.1 Å². The highest BCUT2D eigenvalue weighted by molar-refractivity contribution is 9.10. The summed E-state index contributed by atoms with van der Waals surface area (Å²) in [5.74, 6) is 0.321. The highest BCUT2D eigenvalue weighted by Gasteiger charge is 2.15. The number of benzene rings is 3. The Hall–Kier alpha value is -3.97. The third-order valence-electron chi connectivity index (χ3n) is 5.39. The van der Waals surface area contributed by atoms with Crippen molar-refractivity contribution in [2.45, 2.75) is 0 Å². The van der Waals surface area contributed by atoms with E-state index in [1.165, 1.54) is 0 Å². The van der Waals surface area contributed by atoms with Crippen molar-refractivity contribution in [1.82, 2.24) is 15.4 Å². The van der Waals surface area contributed by atoms with Gasteiger partial charge in [0, 0.05) is 38.1 Å². The summed E-state index contributed by atoms with van der Waals surface area (Å²) in [5, 5.41) is 5.93. The second-order valence-corrected chi connectivity index (χ2v) is 8.35. The van der Waals surface area contributed by atoms with Crippen LogP contribution in [0.2, 0.25) is 0 Å². The van der Waals surface area contributed by atoms with Crippen molar-refractivity contribution < 1.29 is 9.53 Å². The standard InChI is InChI=1S/C26H19BrN4O2/c1-33-19-10-11-24-21(12-19)22(13-25(30-24)16-6-8-18(27)9-7-16)26(32)31-29-15-17-14-28-23-5-3-2-4-20(17)23/h2-15,28H,1H3,(H,31,32). The molecule has 0 aliphatic carbocycles. The van der Waals surface area contributed by atoms with E-state index in [1.807, 2.05) is 72.9 Å². The van der Waals surface area contributed by atoms with E-state index >= 15 is 0 Å². The molecule has 0 aliphatic rings. The van der Waals surface area contributed by atoms with Crippen molar-refractivity contribution in [1.29, 1.82) is 0 Å². The molecule has 5 rings (SSSR count). The van der Waals surface area contributed by atoms with Crippen molar-refractivity contribution >= 4 is 49.9 Å². The van der Waals surface area contributed by atoms with Gasteiger partial charge in [-0.3, -0.25) is 4.79 Å². The third-order valence-corrected chi connectivity index (χ3v) is 5.92. The van der Waals surface area contributed by atoms with Crippen LogP contribution in [0.4, 0.5) is 0 Å². The number of amides is 1. The molecule has 2 aromatic heterocycles. The second kappa shape index (κ2) is 8.88. The maximum Gasteiger partial charge on any atom is 0.272 e. The van der Waals surface area contributed by atoms with Crippen LogP contribution in [0.3, 0.4) is 0 Å². The highest BCUT2D eigenvalue weighted by atomic mass is 79.9. The minimum atomic E-state index is -0.329. The molecule has 0 atom stereocenters. The number of carbonyl (C=O) groups excluding carboxylic acids is 1. The molecule has 0 bridgehead atoms. The van der Waals surface area contributed by atoms with Gasteiger partial charge in [0.1, 0.15) is 5.75 Å². The van der Waals surface area contributed by atoms with Gasteiger partial charge in [-0.25, -0.2) is 10.4 Å². The number of ether oxygens (including phenoxy) is 1. The molecule has 6 nitrogen and oxygen atoms in total. The third kappa shape index (κ3) is 4.23. The SMILES string of the molecule is COc1ccc2nc(-c3ccc(Br)cc3)cc(C(=O)NN=Cc3c[nH]c4ccccc34)c2c1. The topological polar surface area (TPSA) is 79.4 Å². The van der Waals surface area contributed by atoms with Crippen molar-refractivity contribution in [3.05, 3.63) is 94.6 Å². The van der Waals surface area contributed by atoms with E-state index in [2.05, 4.69) is 31.4 Å². The Bertz CT molecular complexity index is 1510. The minimum absolute atomic E-state index is 0.329. The highest BCUT2D eigenvalue weighted by Crippen LogP contribution is 2.28. The van der Waals surface area contributed by atoms with Gasteiger partial charge in [0.05, 0.1) is 30.1 Å². The predicted octanol–water partition coefficient (Wildman–Crippen LogP) is 5.92. The van der Waals surface area contributed by atoms with E-state index < -0.39 is 0 Å². The van der Waals surface area contributed by atoms with Crippen LogP contribution in [-0.2, 0) is 0 Å². The number of pyridine rings is 1. The molecule has 0 radical (unpaired) electrons. The number of hydrogen-bond acceptors (Lipinski definition) is 4. The Balaban J connectivity index is 1.51. The Morgan fingerprint density at radius 3 is 2.70 bits per heavy atom. The Labute approximate surface area is 198 Å². The van der Waals surface area contributed by atoms with Gasteiger partial charge in [0.2, 0.25) is 0 Å². The maximum absolute atomic E-state index is 13.2. The van der Waals surface area contributed by atoms with E-state index in [0.29, 0.717) is 27.9 Å². The molecule has 2 heterocycles. The van der Waals surface area contributed by atoms with E-state index in [4.69, 9.17) is 9.72 Å². The Morgan fingerprint density at radius 2 is 1.88 bits per heavy atom. The number of halogens is 1. The smallest absolute Gasteiger partial charge is 0.272 e. The van der Waals surface area contributed by atoms with Crippen LogP contribution in [0, 0.1) is 0 Å². The summed E-state index contributed by atoms with van der Waals surface area (Å²) in [5.41, 5.74) is 7.33. The quantitative estimate of drug-likeness (QED) is 0.233. The molecule has 33 heavy (non-hydrogen) atoms. The lowest BCUT2D eigenvalue weighted by molar-refractivity contribution is 0.0956. The summed E-state index contributed by atoms with van der Waals surface area (Å²) in [6.07, 6.45) is 3.50. The van der Waals surface area contributed by atoms with Gasteiger partial charge in [-0.2, -0.15) is 5.10 Å². The lowest BCUT2D eigenvalue weighted by atomic mass is 10.0. The average Bonchev–Trinajstić information content (AvgIpc) is 3.26. The van der Waals surface area contributed by atoms with Gasteiger partial charge in [-0.05, 0) is 42.5 Å². The molecule has 0 spiro atoms. The fourth-order valence-electron chi connectivity index (χ4n) is 3.71. The number of hydrogen-bond donors (Lipinski definition) is 2. The molecule has 5 aromatic rings. The number of H-pyrrole nitrogens is 1. The number of carbonyl (C=O) groups is 1. The fraction of sp³-hybridized carbons (Fsp3) is 0.0385. The van der Waals surface area contributed by atoms with Crippen molar-refractivity contribution in [2.75, 3.05) is 7.11 Å². The molecule has 3 aromatic carbocycles. The van der Waals surface area contributed by atoms with Gasteiger partial charge in [0.15, 0.2) is 0 Å². The maximum atomic E-state index is 13.2. The zero-order valence-corrected chi connectivity index (χ0v) is 19.3. The lowest BCUT2D eigenvalue weighted by Gasteiger charge is -2.10. The molecule has 0 saturated carbocycles. The number of nitrogens with zero attached hydrogens (tertiary/aromatic N) is 2. The molecule has 0 unspecified atom stereocenters. The number of rotatable bonds is 5. The molecule has 7 heteroatoms. The fourth-order valence-corrected chi connectivity index (χ4v) is 3.97. The first kappa shape index (κ1) is 20.9. The Morgan fingerprint density at radius 1 is 1.06 bits per heavy atom. The van der Waals surface area contributed by atoms with Gasteiger partial charge in [-0.15, -0.1) is 0 Å². The van der Waals surface area contributed by atoms with Crippen LogP contribution in [0.5, 0.6) is 5.75 Å². The summed E-state index contributed by atoms with van der Waals surface area (Å²) in [4.78, 5) is 21.1. The zero-order valence-electron chi connectivity index (χ0n) is 17.7. The molecule has 162 valence electrons. The summed E-state index contributed by atoms with van der Waals surface area (Å²) in [6.45, 7) is 0. The summed E-state index contributed by atoms with van der Waals surface area (Å²) in [7, 11) is 1.59. The number of fused-ring (bicyclic) bond motifs is 2. The van der Waals surface area contributed by atoms with Crippen LogP contribution >= 0.6 is 15.9 Å². The molecular weight excluding hydrogens is 480 g/mol. The normalized spacial score (nSPS) is 11.3. The van der Waals surface area contributed by atoms with Crippen molar-refractivity contribution in [2.24, 2.45) is 5.10 Å². The molecule has 0 aliphatic heterocycles. The molecule has 1 amide bonds. The van der Waals surface area contributed by atoms with Crippen LogP contribution < -0.4 is 10.2 Å². The number of aromatic nitrogens is 2. The first-order valence-corrected chi connectivity index (χ1v) is 11.1. The summed E-state index contributed by atoms with van der Waals surface area (Å²) < 4.78 is 6.33. The Kier molecular flexibility index (Phi) is 5.62. The van der Waals surface area contributed by atoms with E-state index in [-0.39, 0.29) is 5.91 Å². The zero-order chi connectivity index (χ0) is 22.8. The lowest BCUT2D eigenvalue weighted by Crippen LogP contribution is -2.18. The van der Waals surface area contributed by atoms with Gasteiger partial charge in [-0.1, -0.05) is 46.3 Å². The number of hydrazone groups is 1. The minimum Gasteiger partial charge on any atom is -0.497 e. The molecule has 0 saturated heterocycles. The molecule has 0 fully saturated rings. The predicted molar refractivity (Wildman–Crippen MR) is 135 cm³/mol. The average molecular weight is 499 g/mol. The largest absolute Gasteiger partial charge is 0.497 e. The first-order valence-electron chi connectivity index (χ1n) is 10.3. The van der Waals surface area contributed by atoms with E-state index in [0.717, 1.165) is 26.5 Å². The molecule has 2 N–H and O–H groups in total. The summed E-state index contributed by atoms with van der Waals surface area (Å²) >= 11 is 3.45. The van der Waals surface area contributed by atoms with Crippen molar-refractivity contribution in [3.8, 4) is 17.0 Å². The second-order valence-electron chi connectivity index (χ2n) is 7.43. The van der Waals surface area contributed by atoms with Crippen LogP contribution in [0.15, 0.2) is 88.6 Å². The first-order chi connectivity index (χ1) is 16.1. The van der Waals surface area contributed by atoms with E-state index in [9.17, 15) is 4.79 Å². The van der Waals surface area contributed by atoms with Gasteiger partial charge >= 0.3 is 0 Å². The van der Waals surface area contributed by atoms with Crippen LogP contribution in [0.1, 0.15) is 15.9 Å². The van der Waals surface area contributed by atoms with Gasteiger partial charge < -0.3 is 9.72 Å². The number of aromatic amines is 1. The van der Waals surface area contributed by atoms with Crippen molar-refractivity contribution in [3.63, 3.8) is 0 Å². The number of methoxy groups -OCH3 is 1. The van der Waals surface area contributed by atoms with Crippen LogP contribution in [-0.4, -0.2) is 29.2 Å². The number of nitrogens with one attached hydrogen (secondary N) is 2. The van der Waals surface area contributed by atoms with Gasteiger partial charge in [0.25, 0.3) is 5.91 Å².